The van der Waals surface area contributed by atoms with Crippen molar-refractivity contribution in [3.63, 3.8) is 0 Å². The standard InChI is InChI=1S/C20H22FN3O3/c1-13(20(26)23-15-7-5-14(21)6-8-15)22-16-9-10-17(18(12-16)27-2)24-11-3-4-19(24)25/h5-10,12-13,22H,3-4,11H2,1-2H3,(H,23,26). The minimum absolute atomic E-state index is 0.0843. The average Bonchev–Trinajstić information content (AvgIpc) is 3.09. The molecule has 2 aromatic carbocycles. The Kier molecular flexibility index (Phi) is 5.59. The highest BCUT2D eigenvalue weighted by Gasteiger charge is 2.24. The van der Waals surface area contributed by atoms with E-state index in [1.54, 1.807) is 25.0 Å². The van der Waals surface area contributed by atoms with Crippen LogP contribution >= 0.6 is 0 Å². The number of benzene rings is 2. The summed E-state index contributed by atoms with van der Waals surface area (Å²) in [6.07, 6.45) is 1.38. The Morgan fingerprint density at radius 2 is 1.89 bits per heavy atom. The lowest BCUT2D eigenvalue weighted by atomic mass is 10.2. The average molecular weight is 371 g/mol. The van der Waals surface area contributed by atoms with Crippen molar-refractivity contribution in [3.05, 3.63) is 48.3 Å². The number of hydrogen-bond acceptors (Lipinski definition) is 4. The summed E-state index contributed by atoms with van der Waals surface area (Å²) in [5.41, 5.74) is 1.95. The summed E-state index contributed by atoms with van der Waals surface area (Å²) in [6.45, 7) is 2.40. The number of anilines is 3. The van der Waals surface area contributed by atoms with Crippen molar-refractivity contribution in [1.82, 2.24) is 0 Å². The maximum Gasteiger partial charge on any atom is 0.246 e. The molecule has 27 heavy (non-hydrogen) atoms. The summed E-state index contributed by atoms with van der Waals surface area (Å²) in [7, 11) is 1.55. The molecule has 0 spiro atoms. The Bertz CT molecular complexity index is 839. The molecular weight excluding hydrogens is 349 g/mol. The fourth-order valence-corrected chi connectivity index (χ4v) is 2.99. The molecule has 142 valence electrons. The minimum Gasteiger partial charge on any atom is -0.494 e. The van der Waals surface area contributed by atoms with E-state index in [2.05, 4.69) is 10.6 Å². The fraction of sp³-hybridized carbons (Fsp3) is 0.300. The lowest BCUT2D eigenvalue weighted by molar-refractivity contribution is -0.117. The van der Waals surface area contributed by atoms with Crippen molar-refractivity contribution in [2.45, 2.75) is 25.8 Å². The van der Waals surface area contributed by atoms with E-state index in [4.69, 9.17) is 4.74 Å². The molecule has 1 unspecified atom stereocenters. The number of hydrogen-bond donors (Lipinski definition) is 2. The molecule has 1 aliphatic heterocycles. The molecule has 0 aliphatic carbocycles. The van der Waals surface area contributed by atoms with Crippen molar-refractivity contribution >= 4 is 28.9 Å². The first-order valence-corrected chi connectivity index (χ1v) is 8.79. The van der Waals surface area contributed by atoms with E-state index in [9.17, 15) is 14.0 Å². The predicted octanol–water partition coefficient (Wildman–Crippen LogP) is 3.40. The maximum atomic E-state index is 12.9. The molecule has 2 N–H and O–H groups in total. The molecule has 1 atom stereocenters. The van der Waals surface area contributed by atoms with Gasteiger partial charge in [-0.1, -0.05) is 0 Å². The van der Waals surface area contributed by atoms with E-state index >= 15 is 0 Å². The second-order valence-electron chi connectivity index (χ2n) is 6.40. The summed E-state index contributed by atoms with van der Waals surface area (Å²) in [5, 5.41) is 5.83. The normalized spacial score (nSPS) is 14.8. The van der Waals surface area contributed by atoms with Crippen LogP contribution in [0.25, 0.3) is 0 Å². The van der Waals surface area contributed by atoms with Crippen molar-refractivity contribution in [2.24, 2.45) is 0 Å². The van der Waals surface area contributed by atoms with Gasteiger partial charge in [-0.05, 0) is 49.7 Å². The molecule has 0 aromatic heterocycles. The number of carbonyl (C=O) groups is 2. The van der Waals surface area contributed by atoms with Gasteiger partial charge in [-0.3, -0.25) is 9.59 Å². The van der Waals surface area contributed by atoms with Crippen molar-refractivity contribution in [3.8, 4) is 5.75 Å². The van der Waals surface area contributed by atoms with Gasteiger partial charge in [-0.25, -0.2) is 4.39 Å². The number of rotatable bonds is 6. The van der Waals surface area contributed by atoms with Crippen LogP contribution in [-0.4, -0.2) is 31.5 Å². The minimum atomic E-state index is -0.529. The fourth-order valence-electron chi connectivity index (χ4n) is 2.99. The highest BCUT2D eigenvalue weighted by Crippen LogP contribution is 2.34. The molecule has 7 heteroatoms. The van der Waals surface area contributed by atoms with E-state index in [1.807, 2.05) is 12.1 Å². The summed E-state index contributed by atoms with van der Waals surface area (Å²) >= 11 is 0. The molecule has 0 saturated carbocycles. The highest BCUT2D eigenvalue weighted by molar-refractivity contribution is 5.98. The largest absolute Gasteiger partial charge is 0.494 e. The zero-order chi connectivity index (χ0) is 19.4. The number of carbonyl (C=O) groups excluding carboxylic acids is 2. The van der Waals surface area contributed by atoms with E-state index in [-0.39, 0.29) is 17.6 Å². The lowest BCUT2D eigenvalue weighted by Crippen LogP contribution is -2.32. The molecule has 2 aromatic rings. The van der Waals surface area contributed by atoms with Crippen molar-refractivity contribution < 1.29 is 18.7 Å². The number of halogens is 1. The molecule has 1 fully saturated rings. The summed E-state index contributed by atoms with van der Waals surface area (Å²) in [5.74, 6) is 0.0460. The van der Waals surface area contributed by atoms with Crippen LogP contribution in [0.5, 0.6) is 5.75 Å². The molecule has 1 aliphatic rings. The highest BCUT2D eigenvalue weighted by atomic mass is 19.1. The van der Waals surface area contributed by atoms with Gasteiger partial charge in [0.1, 0.15) is 17.6 Å². The van der Waals surface area contributed by atoms with E-state index in [0.29, 0.717) is 30.1 Å². The Morgan fingerprint density at radius 1 is 1.19 bits per heavy atom. The predicted molar refractivity (Wildman–Crippen MR) is 103 cm³/mol. The number of amides is 2. The second-order valence-corrected chi connectivity index (χ2v) is 6.40. The Hall–Kier alpha value is -3.09. The first-order chi connectivity index (χ1) is 13.0. The molecular formula is C20H22FN3O3. The third-order valence-electron chi connectivity index (χ3n) is 4.43. The van der Waals surface area contributed by atoms with Gasteiger partial charge in [-0.2, -0.15) is 0 Å². The molecule has 0 bridgehead atoms. The Morgan fingerprint density at radius 3 is 2.52 bits per heavy atom. The van der Waals surface area contributed by atoms with Crippen LogP contribution in [0.15, 0.2) is 42.5 Å². The van der Waals surface area contributed by atoms with Crippen molar-refractivity contribution in [1.29, 1.82) is 0 Å². The van der Waals surface area contributed by atoms with E-state index in [1.165, 1.54) is 24.3 Å². The third-order valence-corrected chi connectivity index (χ3v) is 4.43. The van der Waals surface area contributed by atoms with Gasteiger partial charge in [-0.15, -0.1) is 0 Å². The van der Waals surface area contributed by atoms with Gasteiger partial charge in [0.25, 0.3) is 0 Å². The molecule has 2 amide bonds. The smallest absolute Gasteiger partial charge is 0.246 e. The van der Waals surface area contributed by atoms with Crippen LogP contribution in [0.4, 0.5) is 21.5 Å². The zero-order valence-corrected chi connectivity index (χ0v) is 15.3. The number of methoxy groups -OCH3 is 1. The molecule has 1 heterocycles. The number of nitrogens with one attached hydrogen (secondary N) is 2. The van der Waals surface area contributed by atoms with Crippen LogP contribution in [-0.2, 0) is 9.59 Å². The van der Waals surface area contributed by atoms with Gasteiger partial charge < -0.3 is 20.3 Å². The van der Waals surface area contributed by atoms with Crippen LogP contribution < -0.4 is 20.3 Å². The van der Waals surface area contributed by atoms with Crippen LogP contribution in [0.1, 0.15) is 19.8 Å². The Balaban J connectivity index is 1.68. The zero-order valence-electron chi connectivity index (χ0n) is 15.3. The van der Waals surface area contributed by atoms with Gasteiger partial charge in [0.2, 0.25) is 11.8 Å². The lowest BCUT2D eigenvalue weighted by Gasteiger charge is -2.21. The van der Waals surface area contributed by atoms with Gasteiger partial charge >= 0.3 is 0 Å². The van der Waals surface area contributed by atoms with Crippen LogP contribution in [0, 0.1) is 5.82 Å². The molecule has 3 rings (SSSR count). The number of ether oxygens (including phenoxy) is 1. The summed E-state index contributed by atoms with van der Waals surface area (Å²) in [6, 6.07) is 10.4. The first kappa shape index (κ1) is 18.7. The van der Waals surface area contributed by atoms with E-state index in [0.717, 1.165) is 12.1 Å². The molecule has 6 nitrogen and oxygen atoms in total. The SMILES string of the molecule is COc1cc(NC(C)C(=O)Nc2ccc(F)cc2)ccc1N1CCCC1=O. The third kappa shape index (κ3) is 4.36. The second kappa shape index (κ2) is 8.07. The first-order valence-electron chi connectivity index (χ1n) is 8.79. The van der Waals surface area contributed by atoms with Crippen LogP contribution in [0.2, 0.25) is 0 Å². The Labute approximate surface area is 157 Å². The topological polar surface area (TPSA) is 70.7 Å². The van der Waals surface area contributed by atoms with Crippen LogP contribution in [0.3, 0.4) is 0 Å². The summed E-state index contributed by atoms with van der Waals surface area (Å²) < 4.78 is 18.4. The molecule has 1 saturated heterocycles. The molecule has 0 radical (unpaired) electrons. The maximum absolute atomic E-state index is 12.9. The number of nitrogens with zero attached hydrogens (tertiary/aromatic N) is 1. The monoisotopic (exact) mass is 371 g/mol. The summed E-state index contributed by atoms with van der Waals surface area (Å²) in [4.78, 5) is 26.0. The van der Waals surface area contributed by atoms with Crippen molar-refractivity contribution in [2.75, 3.05) is 29.2 Å². The van der Waals surface area contributed by atoms with E-state index < -0.39 is 6.04 Å². The van der Waals surface area contributed by atoms with Gasteiger partial charge in [0.05, 0.1) is 12.8 Å². The van der Waals surface area contributed by atoms with Gasteiger partial charge in [0.15, 0.2) is 0 Å². The van der Waals surface area contributed by atoms with Gasteiger partial charge in [0, 0.05) is 30.4 Å². The quantitative estimate of drug-likeness (QED) is 0.817.